The van der Waals surface area contributed by atoms with E-state index < -0.39 is 5.82 Å². The average Bonchev–Trinajstić information content (AvgIpc) is 3.60. The summed E-state index contributed by atoms with van der Waals surface area (Å²) in [6.45, 7) is 7.10. The highest BCUT2D eigenvalue weighted by Crippen LogP contribution is 2.32. The highest BCUT2D eigenvalue weighted by atomic mass is 35.5. The Balaban J connectivity index is 1.53. The standard InChI is InChI=1S/C27H26ClFN7O2/c1-4-23(37)35-12-16(10-17(35)14-38-3)13-36-21-8-9-31-27(30)24(21)20(33-36)7-6-18-19(28)11-22-26(25(18)29)32-15-34(22)5-2/h4,8-9,11,13,15-17H,1,5,10,12,14H2,2-3H3,(H2,30,31)/q+1/b36-13+/t16?,17-/m1/s1. The highest BCUT2D eigenvalue weighted by Gasteiger charge is 2.38. The van der Waals surface area contributed by atoms with Crippen molar-refractivity contribution in [2.75, 3.05) is 26.0 Å². The Hall–Kier alpha value is -4.07. The number of hydrogen-bond acceptors (Lipinski definition) is 6. The van der Waals surface area contributed by atoms with E-state index in [1.165, 1.54) is 6.08 Å². The van der Waals surface area contributed by atoms with Gasteiger partial charge in [0.05, 0.1) is 41.0 Å². The van der Waals surface area contributed by atoms with Crippen molar-refractivity contribution in [1.29, 1.82) is 0 Å². The minimum atomic E-state index is -0.587. The van der Waals surface area contributed by atoms with E-state index in [0.29, 0.717) is 48.6 Å². The van der Waals surface area contributed by atoms with Gasteiger partial charge >= 0.3 is 0 Å². The van der Waals surface area contributed by atoms with Crippen molar-refractivity contribution >= 4 is 52.0 Å². The number of carbonyl (C=O) groups excluding carboxylic acids is 1. The Morgan fingerprint density at radius 2 is 2.24 bits per heavy atom. The molecule has 1 aromatic carbocycles. The summed E-state index contributed by atoms with van der Waals surface area (Å²) in [5, 5.41) is 4.84. The lowest BCUT2D eigenvalue weighted by Gasteiger charge is -2.22. The van der Waals surface area contributed by atoms with Crippen molar-refractivity contribution in [3.63, 3.8) is 0 Å². The number of likely N-dealkylation sites (tertiary alicyclic amines) is 1. The molecular formula is C27H26ClFN7O2+. The molecule has 11 heteroatoms. The summed E-state index contributed by atoms with van der Waals surface area (Å²) >= 11 is 6.42. The van der Waals surface area contributed by atoms with Gasteiger partial charge in [0.2, 0.25) is 5.91 Å². The number of methoxy groups -OCH3 is 1. The number of nitrogens with two attached hydrogens (primary N) is 1. The molecule has 1 fully saturated rings. The maximum atomic E-state index is 15.3. The van der Waals surface area contributed by atoms with Gasteiger partial charge in [-0.25, -0.2) is 14.4 Å². The molecule has 2 N–H and O–H groups in total. The number of ether oxygens (including phenoxy) is 1. The highest BCUT2D eigenvalue weighted by molar-refractivity contribution is 6.32. The minimum absolute atomic E-state index is 0.000298. The molecule has 1 saturated heterocycles. The Kier molecular flexibility index (Phi) is 6.97. The van der Waals surface area contributed by atoms with Crippen LogP contribution in [0.4, 0.5) is 15.9 Å². The number of hydrogen-bond donors (Lipinski definition) is 1. The summed E-state index contributed by atoms with van der Waals surface area (Å²) in [6, 6.07) is 3.37. The number of nitrogen functional groups attached to an aromatic ring is 1. The molecule has 1 unspecified atom stereocenters. The number of rotatable bonds is 5. The number of fused-ring (bicyclic) bond motifs is 2. The number of carbonyl (C=O) groups is 1. The molecule has 38 heavy (non-hydrogen) atoms. The van der Waals surface area contributed by atoms with Crippen molar-refractivity contribution < 1.29 is 18.6 Å². The third-order valence-electron chi connectivity index (χ3n) is 6.72. The number of pyridine rings is 1. The van der Waals surface area contributed by atoms with Crippen LogP contribution in [0.2, 0.25) is 5.02 Å². The van der Waals surface area contributed by atoms with E-state index in [-0.39, 0.29) is 39.8 Å². The van der Waals surface area contributed by atoms with Gasteiger partial charge in [-0.3, -0.25) is 4.79 Å². The van der Waals surface area contributed by atoms with E-state index in [2.05, 4.69) is 33.5 Å². The second-order valence-electron chi connectivity index (χ2n) is 9.03. The van der Waals surface area contributed by atoms with Crippen LogP contribution in [0, 0.1) is 23.6 Å². The van der Waals surface area contributed by atoms with Crippen LogP contribution in [0.5, 0.6) is 0 Å². The smallest absolute Gasteiger partial charge is 0.253 e. The molecule has 3 aromatic rings. The number of benzene rings is 1. The van der Waals surface area contributed by atoms with Crippen LogP contribution in [0.3, 0.4) is 0 Å². The van der Waals surface area contributed by atoms with E-state index in [0.717, 1.165) is 0 Å². The van der Waals surface area contributed by atoms with Crippen LogP contribution in [0.25, 0.3) is 11.0 Å². The summed E-state index contributed by atoms with van der Waals surface area (Å²) in [4.78, 5) is 22.5. The minimum Gasteiger partial charge on any atom is -0.383 e. The van der Waals surface area contributed by atoms with Gasteiger partial charge in [-0.15, -0.1) is 0 Å². The van der Waals surface area contributed by atoms with Gasteiger partial charge in [-0.2, -0.15) is 0 Å². The molecule has 4 heterocycles. The van der Waals surface area contributed by atoms with E-state index in [1.54, 1.807) is 41.4 Å². The predicted octanol–water partition coefficient (Wildman–Crippen LogP) is 3.36. The molecular weight excluding hydrogens is 509 g/mol. The fraction of sp³-hybridized carbons (Fsp3) is 0.296. The van der Waals surface area contributed by atoms with Crippen LogP contribution in [0.1, 0.15) is 24.5 Å². The van der Waals surface area contributed by atoms with Crippen LogP contribution < -0.4 is 5.73 Å². The zero-order valence-corrected chi connectivity index (χ0v) is 21.7. The molecule has 0 aliphatic carbocycles. The third-order valence-corrected chi connectivity index (χ3v) is 7.02. The zero-order valence-electron chi connectivity index (χ0n) is 21.0. The molecule has 2 aromatic heterocycles. The second kappa shape index (κ2) is 10.4. The largest absolute Gasteiger partial charge is 0.383 e. The van der Waals surface area contributed by atoms with Crippen LogP contribution in [-0.2, 0) is 16.1 Å². The maximum Gasteiger partial charge on any atom is 0.253 e. The summed E-state index contributed by atoms with van der Waals surface area (Å²) in [5.41, 5.74) is 8.62. The molecule has 1 amide bonds. The molecule has 2 atom stereocenters. The van der Waals surface area contributed by atoms with E-state index in [4.69, 9.17) is 22.1 Å². The van der Waals surface area contributed by atoms with Gasteiger partial charge < -0.3 is 19.9 Å². The number of halogens is 2. The lowest BCUT2D eigenvalue weighted by Crippen LogP contribution is -2.37. The Morgan fingerprint density at radius 3 is 2.97 bits per heavy atom. The van der Waals surface area contributed by atoms with Gasteiger partial charge in [0, 0.05) is 37.6 Å². The molecule has 0 radical (unpaired) electrons. The molecule has 5 rings (SSSR count). The van der Waals surface area contributed by atoms with Crippen molar-refractivity contribution in [1.82, 2.24) is 19.4 Å². The molecule has 2 aliphatic rings. The predicted molar refractivity (Wildman–Crippen MR) is 144 cm³/mol. The summed E-state index contributed by atoms with van der Waals surface area (Å²) in [6.07, 6.45) is 7.10. The third kappa shape index (κ3) is 4.44. The Labute approximate surface area is 224 Å². The average molecular weight is 535 g/mol. The molecule has 0 saturated carbocycles. The number of amides is 1. The number of anilines is 1. The van der Waals surface area contributed by atoms with Gasteiger partial charge in [0.15, 0.2) is 17.7 Å². The van der Waals surface area contributed by atoms with Crippen molar-refractivity contribution in [3.05, 3.63) is 59.3 Å². The second-order valence-corrected chi connectivity index (χ2v) is 9.44. The van der Waals surface area contributed by atoms with Crippen molar-refractivity contribution in [2.45, 2.75) is 25.9 Å². The fourth-order valence-corrected chi connectivity index (χ4v) is 5.16. The van der Waals surface area contributed by atoms with Crippen LogP contribution in [0.15, 0.2) is 42.4 Å². The van der Waals surface area contributed by atoms with Crippen LogP contribution >= 0.6 is 11.6 Å². The van der Waals surface area contributed by atoms with E-state index in [1.807, 2.05) is 17.7 Å². The van der Waals surface area contributed by atoms with Gasteiger partial charge in [-0.1, -0.05) is 28.8 Å². The van der Waals surface area contributed by atoms with Crippen molar-refractivity contribution in [2.24, 2.45) is 11.0 Å². The molecule has 2 aliphatic heterocycles. The first-order valence-electron chi connectivity index (χ1n) is 12.1. The summed E-state index contributed by atoms with van der Waals surface area (Å²) in [5.74, 6) is 5.30. The molecule has 9 nitrogen and oxygen atoms in total. The van der Waals surface area contributed by atoms with Gasteiger partial charge in [0.25, 0.3) is 5.69 Å². The lowest BCUT2D eigenvalue weighted by atomic mass is 10.1. The summed E-state index contributed by atoms with van der Waals surface area (Å²) in [7, 11) is 1.61. The Bertz CT molecular complexity index is 1580. The number of hydrazone groups is 1. The van der Waals surface area contributed by atoms with Crippen LogP contribution in [-0.4, -0.2) is 68.3 Å². The van der Waals surface area contributed by atoms with Crippen molar-refractivity contribution in [3.8, 4) is 11.8 Å². The first-order chi connectivity index (χ1) is 18.4. The summed E-state index contributed by atoms with van der Waals surface area (Å²) < 4.78 is 24.1. The zero-order chi connectivity index (χ0) is 27.0. The molecule has 0 bridgehead atoms. The topological polar surface area (TPSA) is 102 Å². The SMILES string of the molecule is C=CC(=O)N1CC(/C=[N+]2/N=C(C#Cc3c(Cl)cc4c(ncn4CC)c3F)c3c2ccnc3N)C[C@@H]1COC. The first kappa shape index (κ1) is 25.6. The van der Waals surface area contributed by atoms with Gasteiger partial charge in [-0.05, 0) is 31.4 Å². The number of aryl methyl sites for hydroxylation is 1. The maximum absolute atomic E-state index is 15.3. The molecule has 194 valence electrons. The monoisotopic (exact) mass is 534 g/mol. The lowest BCUT2D eigenvalue weighted by molar-refractivity contribution is -0.438. The number of imidazole rings is 1. The van der Waals surface area contributed by atoms with E-state index in [9.17, 15) is 4.79 Å². The Morgan fingerprint density at radius 1 is 1.42 bits per heavy atom. The first-order valence-corrected chi connectivity index (χ1v) is 12.5. The quantitative estimate of drug-likeness (QED) is 0.307. The normalized spacial score (nSPS) is 19.4. The van der Waals surface area contributed by atoms with Gasteiger partial charge in [0.1, 0.15) is 16.9 Å². The molecule has 0 spiro atoms. The van der Waals surface area contributed by atoms with E-state index >= 15 is 4.39 Å². The fourth-order valence-electron chi connectivity index (χ4n) is 4.93. The number of aromatic nitrogens is 3. The number of nitrogens with zero attached hydrogens (tertiary/aromatic N) is 6.